The first-order chi connectivity index (χ1) is 12.2. The van der Waals surface area contributed by atoms with Crippen LogP contribution in [0.1, 0.15) is 24.0 Å². The monoisotopic (exact) mass is 340 g/mol. The van der Waals surface area contributed by atoms with Gasteiger partial charge in [0.05, 0.1) is 26.5 Å². The molecular formula is C20H24N2O3. The number of aryl methyl sites for hydroxylation is 1. The molecule has 2 aromatic rings. The molecule has 2 aromatic carbocycles. The van der Waals surface area contributed by atoms with Crippen LogP contribution in [0.4, 0.5) is 11.4 Å². The maximum absolute atomic E-state index is 12.4. The number of benzene rings is 2. The first-order valence-corrected chi connectivity index (χ1v) is 8.58. The number of carbonyl (C=O) groups excluding carboxylic acids is 1. The van der Waals surface area contributed by atoms with Gasteiger partial charge in [-0.05, 0) is 55.0 Å². The van der Waals surface area contributed by atoms with Crippen molar-refractivity contribution in [1.82, 2.24) is 0 Å². The van der Waals surface area contributed by atoms with E-state index < -0.39 is 0 Å². The number of nitrogens with one attached hydrogen (secondary N) is 2. The van der Waals surface area contributed by atoms with Crippen molar-refractivity contribution in [3.8, 4) is 11.5 Å². The van der Waals surface area contributed by atoms with Gasteiger partial charge >= 0.3 is 0 Å². The van der Waals surface area contributed by atoms with E-state index in [2.05, 4.69) is 22.8 Å². The first-order valence-electron chi connectivity index (χ1n) is 8.58. The van der Waals surface area contributed by atoms with Crippen LogP contribution in [-0.2, 0) is 17.6 Å². The van der Waals surface area contributed by atoms with Gasteiger partial charge in [0.15, 0.2) is 0 Å². The Bertz CT molecular complexity index is 759. The lowest BCUT2D eigenvalue weighted by molar-refractivity contribution is -0.114. The average Bonchev–Trinajstić information content (AvgIpc) is 2.66. The second-order valence-electron chi connectivity index (χ2n) is 6.12. The molecule has 0 heterocycles. The molecule has 1 aliphatic rings. The fraction of sp³-hybridized carbons (Fsp3) is 0.350. The smallest absolute Gasteiger partial charge is 0.243 e. The molecule has 0 unspecified atom stereocenters. The van der Waals surface area contributed by atoms with Crippen LogP contribution in [0.25, 0.3) is 0 Å². The third-order valence-electron chi connectivity index (χ3n) is 4.52. The molecule has 5 heteroatoms. The van der Waals surface area contributed by atoms with Crippen LogP contribution in [0.2, 0.25) is 0 Å². The van der Waals surface area contributed by atoms with Crippen molar-refractivity contribution < 1.29 is 14.3 Å². The van der Waals surface area contributed by atoms with Crippen LogP contribution >= 0.6 is 0 Å². The zero-order valence-electron chi connectivity index (χ0n) is 14.7. The van der Waals surface area contributed by atoms with E-state index in [1.54, 1.807) is 32.4 Å². The topological polar surface area (TPSA) is 59.6 Å². The van der Waals surface area contributed by atoms with Gasteiger partial charge in [0.25, 0.3) is 0 Å². The number of hydrogen-bond acceptors (Lipinski definition) is 4. The van der Waals surface area contributed by atoms with Crippen molar-refractivity contribution in [2.24, 2.45) is 0 Å². The molecule has 0 spiro atoms. The van der Waals surface area contributed by atoms with E-state index in [4.69, 9.17) is 9.47 Å². The van der Waals surface area contributed by atoms with E-state index in [-0.39, 0.29) is 12.5 Å². The Kier molecular flexibility index (Phi) is 5.43. The second kappa shape index (κ2) is 7.92. The standard InChI is InChI=1S/C20H24N2O3/c1-24-15-10-11-19(25-2)18(12-15)22-20(23)13-21-17-9-5-7-14-6-3-4-8-16(14)17/h5,7,9-12,21H,3-4,6,8,13H2,1-2H3,(H,22,23). The summed E-state index contributed by atoms with van der Waals surface area (Å²) < 4.78 is 10.5. The molecular weight excluding hydrogens is 316 g/mol. The summed E-state index contributed by atoms with van der Waals surface area (Å²) in [4.78, 5) is 12.4. The van der Waals surface area contributed by atoms with Crippen LogP contribution in [0.3, 0.4) is 0 Å². The van der Waals surface area contributed by atoms with Gasteiger partial charge in [-0.1, -0.05) is 12.1 Å². The number of carbonyl (C=O) groups is 1. The number of anilines is 2. The lowest BCUT2D eigenvalue weighted by Gasteiger charge is -2.20. The number of rotatable bonds is 6. The molecule has 1 amide bonds. The minimum atomic E-state index is -0.125. The molecule has 1 aliphatic carbocycles. The number of amides is 1. The average molecular weight is 340 g/mol. The number of fused-ring (bicyclic) bond motifs is 1. The zero-order chi connectivity index (χ0) is 17.6. The molecule has 0 aromatic heterocycles. The molecule has 5 nitrogen and oxygen atoms in total. The Morgan fingerprint density at radius 3 is 2.68 bits per heavy atom. The molecule has 2 N–H and O–H groups in total. The minimum Gasteiger partial charge on any atom is -0.497 e. The molecule has 3 rings (SSSR count). The van der Waals surface area contributed by atoms with Gasteiger partial charge in [0.2, 0.25) is 5.91 Å². The van der Waals surface area contributed by atoms with Gasteiger partial charge in [-0.3, -0.25) is 4.79 Å². The quantitative estimate of drug-likeness (QED) is 0.843. The van der Waals surface area contributed by atoms with Crippen molar-refractivity contribution in [3.63, 3.8) is 0 Å². The lowest BCUT2D eigenvalue weighted by atomic mass is 9.90. The Morgan fingerprint density at radius 1 is 1.04 bits per heavy atom. The molecule has 0 aliphatic heterocycles. The first kappa shape index (κ1) is 17.1. The molecule has 0 saturated heterocycles. The predicted molar refractivity (Wildman–Crippen MR) is 99.7 cm³/mol. The van der Waals surface area contributed by atoms with Gasteiger partial charge in [0.1, 0.15) is 11.5 Å². The molecule has 0 fully saturated rings. The van der Waals surface area contributed by atoms with Crippen molar-refractivity contribution in [3.05, 3.63) is 47.5 Å². The van der Waals surface area contributed by atoms with E-state index in [1.807, 2.05) is 6.07 Å². The lowest BCUT2D eigenvalue weighted by Crippen LogP contribution is -2.23. The van der Waals surface area contributed by atoms with Gasteiger partial charge < -0.3 is 20.1 Å². The van der Waals surface area contributed by atoms with Crippen LogP contribution in [-0.4, -0.2) is 26.7 Å². The van der Waals surface area contributed by atoms with E-state index >= 15 is 0 Å². The molecule has 0 atom stereocenters. The Morgan fingerprint density at radius 2 is 1.88 bits per heavy atom. The van der Waals surface area contributed by atoms with Crippen LogP contribution in [0.5, 0.6) is 11.5 Å². The number of methoxy groups -OCH3 is 2. The highest BCUT2D eigenvalue weighted by Crippen LogP contribution is 2.29. The fourth-order valence-electron chi connectivity index (χ4n) is 3.23. The van der Waals surface area contributed by atoms with E-state index in [0.717, 1.165) is 18.5 Å². The highest BCUT2D eigenvalue weighted by Gasteiger charge is 2.14. The third kappa shape index (κ3) is 4.05. The summed E-state index contributed by atoms with van der Waals surface area (Å²) in [6.07, 6.45) is 4.65. The number of ether oxygens (including phenoxy) is 2. The Balaban J connectivity index is 1.66. The minimum absolute atomic E-state index is 0.125. The third-order valence-corrected chi connectivity index (χ3v) is 4.52. The highest BCUT2D eigenvalue weighted by atomic mass is 16.5. The Labute approximate surface area is 148 Å². The van der Waals surface area contributed by atoms with Gasteiger partial charge in [-0.25, -0.2) is 0 Å². The van der Waals surface area contributed by atoms with E-state index in [0.29, 0.717) is 17.2 Å². The highest BCUT2D eigenvalue weighted by molar-refractivity contribution is 5.95. The van der Waals surface area contributed by atoms with Crippen molar-refractivity contribution in [2.45, 2.75) is 25.7 Å². The summed E-state index contributed by atoms with van der Waals surface area (Å²) in [7, 11) is 3.17. The maximum Gasteiger partial charge on any atom is 0.243 e. The summed E-state index contributed by atoms with van der Waals surface area (Å²) in [6.45, 7) is 0.205. The summed E-state index contributed by atoms with van der Waals surface area (Å²) in [6, 6.07) is 11.6. The zero-order valence-corrected chi connectivity index (χ0v) is 14.7. The van der Waals surface area contributed by atoms with Crippen LogP contribution < -0.4 is 20.1 Å². The molecule has 0 saturated carbocycles. The van der Waals surface area contributed by atoms with Crippen molar-refractivity contribution >= 4 is 17.3 Å². The van der Waals surface area contributed by atoms with Gasteiger partial charge in [-0.2, -0.15) is 0 Å². The largest absolute Gasteiger partial charge is 0.497 e. The maximum atomic E-state index is 12.4. The van der Waals surface area contributed by atoms with Crippen molar-refractivity contribution in [2.75, 3.05) is 31.4 Å². The molecule has 0 bridgehead atoms. The van der Waals surface area contributed by atoms with Crippen molar-refractivity contribution in [1.29, 1.82) is 0 Å². The molecule has 0 radical (unpaired) electrons. The normalized spacial score (nSPS) is 12.9. The summed E-state index contributed by atoms with van der Waals surface area (Å²) in [5.41, 5.74) is 4.40. The van der Waals surface area contributed by atoms with E-state index in [9.17, 15) is 4.79 Å². The van der Waals surface area contributed by atoms with Crippen LogP contribution in [0, 0.1) is 0 Å². The van der Waals surface area contributed by atoms with Gasteiger partial charge in [0, 0.05) is 11.8 Å². The molecule has 25 heavy (non-hydrogen) atoms. The van der Waals surface area contributed by atoms with Crippen LogP contribution in [0.15, 0.2) is 36.4 Å². The summed E-state index contributed by atoms with van der Waals surface area (Å²) >= 11 is 0. The summed E-state index contributed by atoms with van der Waals surface area (Å²) in [5, 5.41) is 6.15. The number of hydrogen-bond donors (Lipinski definition) is 2. The second-order valence-corrected chi connectivity index (χ2v) is 6.12. The van der Waals surface area contributed by atoms with E-state index in [1.165, 1.54) is 24.0 Å². The molecule has 132 valence electrons. The summed E-state index contributed by atoms with van der Waals surface area (Å²) in [5.74, 6) is 1.15. The van der Waals surface area contributed by atoms with Gasteiger partial charge in [-0.15, -0.1) is 0 Å². The fourth-order valence-corrected chi connectivity index (χ4v) is 3.23. The predicted octanol–water partition coefficient (Wildman–Crippen LogP) is 3.63. The Hall–Kier alpha value is -2.69. The SMILES string of the molecule is COc1ccc(OC)c(NC(=O)CNc2cccc3c2CCCC3)c1.